The van der Waals surface area contributed by atoms with Crippen molar-refractivity contribution in [1.29, 1.82) is 0 Å². The summed E-state index contributed by atoms with van der Waals surface area (Å²) in [5, 5.41) is 12.6. The zero-order valence-corrected chi connectivity index (χ0v) is 39.8. The second kappa shape index (κ2) is 26.2. The van der Waals surface area contributed by atoms with Gasteiger partial charge in [-0.3, -0.25) is 0 Å². The summed E-state index contributed by atoms with van der Waals surface area (Å²) in [6.07, 6.45) is 0. The summed E-state index contributed by atoms with van der Waals surface area (Å²) in [7, 11) is -1.34. The maximum Gasteiger partial charge on any atom is -0.0134 e. The van der Waals surface area contributed by atoms with Crippen LogP contribution in [0.5, 0.6) is 0 Å². The van der Waals surface area contributed by atoms with Crippen molar-refractivity contribution >= 4 is 99.8 Å². The van der Waals surface area contributed by atoms with Gasteiger partial charge in [0.05, 0.1) is 0 Å². The van der Waals surface area contributed by atoms with Gasteiger partial charge in [0, 0.05) is 0 Å². The summed E-state index contributed by atoms with van der Waals surface area (Å²) in [5.41, 5.74) is 0. The molecule has 0 aromatic heterocycles. The Balaban J connectivity index is 0.000000146. The molecular weight excluding hydrogens is 960 g/mol. The van der Waals surface area contributed by atoms with E-state index >= 15 is 0 Å². The Morgan fingerprint density at radius 1 is 0.183 bits per heavy atom. The van der Waals surface area contributed by atoms with Gasteiger partial charge in [0.25, 0.3) is 0 Å². The van der Waals surface area contributed by atoms with Gasteiger partial charge in [-0.1, -0.05) is 273 Å². The summed E-state index contributed by atoms with van der Waals surface area (Å²) in [5.74, 6) is 0. The fourth-order valence-corrected chi connectivity index (χ4v) is 13.5. The van der Waals surface area contributed by atoms with Gasteiger partial charge in [0.15, 0.2) is 0 Å². The number of hydrogen-bond acceptors (Lipinski definition) is 0. The SMILES string of the molecule is [Br][Co][Br].c1ccc(P(c2ccccc2)c2ccccc2)cc1.c1ccc(P(c2ccccc2)c2ccccc2)cc1.c1ccc(P(c2ccccc2)c2ccccc2)cc1. The number of hydrogen-bond donors (Lipinski definition) is 0. The molecule has 0 bridgehead atoms. The molecule has 299 valence electrons. The van der Waals surface area contributed by atoms with Crippen molar-refractivity contribution in [2.45, 2.75) is 0 Å². The Kier molecular flexibility index (Phi) is 19.7. The molecule has 0 aliphatic heterocycles. The van der Waals surface area contributed by atoms with Crippen molar-refractivity contribution in [3.63, 3.8) is 0 Å². The van der Waals surface area contributed by atoms with Crippen molar-refractivity contribution in [2.75, 3.05) is 0 Å². The molecule has 0 heterocycles. The van der Waals surface area contributed by atoms with Gasteiger partial charge in [0.2, 0.25) is 0 Å². The quantitative estimate of drug-likeness (QED) is 0.126. The van der Waals surface area contributed by atoms with E-state index in [9.17, 15) is 0 Å². The summed E-state index contributed by atoms with van der Waals surface area (Å²) >= 11 is 7.12. The Bertz CT molecular complexity index is 1890. The van der Waals surface area contributed by atoms with Gasteiger partial charge in [-0.05, 0) is 71.5 Å². The van der Waals surface area contributed by atoms with E-state index in [0.717, 1.165) is 11.1 Å². The standard InChI is InChI=1S/3C18H15P.2BrH.Co/c3*1-4-10-16(11-5-1)19(17-12-6-2-7-13-17)18-14-8-3-9-15-18;;;/h3*1-15H;2*1H;/q;;;;;+2/p-2. The van der Waals surface area contributed by atoms with Crippen LogP contribution in [0.25, 0.3) is 0 Å². The fraction of sp³-hybridized carbons (Fsp3) is 0. The third-order valence-corrected chi connectivity index (χ3v) is 16.5. The average Bonchev–Trinajstić information content (AvgIpc) is 3.33. The predicted octanol–water partition coefficient (Wildman–Crippen LogP) is 12.0. The largest absolute Gasteiger partial charge is 0.0622 e. The van der Waals surface area contributed by atoms with E-state index in [2.05, 4.69) is 301 Å². The van der Waals surface area contributed by atoms with Crippen LogP contribution in [0, 0.1) is 0 Å². The van der Waals surface area contributed by atoms with Crippen LogP contribution in [0.2, 0.25) is 0 Å². The van der Waals surface area contributed by atoms with E-state index in [1.165, 1.54) is 47.7 Å². The van der Waals surface area contributed by atoms with Crippen LogP contribution in [-0.4, -0.2) is 0 Å². The third kappa shape index (κ3) is 13.9. The van der Waals surface area contributed by atoms with Crippen LogP contribution < -0.4 is 47.7 Å². The van der Waals surface area contributed by atoms with Crippen molar-refractivity contribution in [3.8, 4) is 0 Å². The van der Waals surface area contributed by atoms with Crippen molar-refractivity contribution < 1.29 is 11.1 Å². The second-order valence-corrected chi connectivity index (χ2v) is 25.0. The van der Waals surface area contributed by atoms with Crippen LogP contribution >= 0.6 is 52.1 Å². The van der Waals surface area contributed by atoms with Gasteiger partial charge < -0.3 is 0 Å². The molecule has 0 saturated heterocycles. The molecule has 6 heteroatoms. The average molecular weight is 1010 g/mol. The number of benzene rings is 9. The Morgan fingerprint density at radius 3 is 0.350 bits per heavy atom. The van der Waals surface area contributed by atoms with E-state index in [1.54, 1.807) is 0 Å². The Hall–Kier alpha value is -4.26. The summed E-state index contributed by atoms with van der Waals surface area (Å²) in [4.78, 5) is 0. The first-order valence-corrected chi connectivity index (χ1v) is 28.6. The van der Waals surface area contributed by atoms with Crippen LogP contribution in [0.1, 0.15) is 0 Å². The van der Waals surface area contributed by atoms with Gasteiger partial charge in [-0.25, -0.2) is 0 Å². The number of rotatable bonds is 9. The normalized spacial score (nSPS) is 10.4. The maximum atomic E-state index is 3.03. The molecule has 60 heavy (non-hydrogen) atoms. The summed E-state index contributed by atoms with van der Waals surface area (Å²) < 4.78 is 0. The van der Waals surface area contributed by atoms with Gasteiger partial charge in [0.1, 0.15) is 0 Å². The Labute approximate surface area is 380 Å². The molecule has 0 aliphatic rings. The smallest absolute Gasteiger partial charge is 0.0134 e. The van der Waals surface area contributed by atoms with Gasteiger partial charge in [-0.2, -0.15) is 0 Å². The first-order chi connectivity index (χ1) is 29.8. The first-order valence-electron chi connectivity index (χ1n) is 19.5. The van der Waals surface area contributed by atoms with E-state index in [4.69, 9.17) is 0 Å². The molecule has 0 fully saturated rings. The van der Waals surface area contributed by atoms with Crippen molar-refractivity contribution in [3.05, 3.63) is 273 Å². The molecule has 0 spiro atoms. The molecular formula is C54H45Br2CoP3. The van der Waals surface area contributed by atoms with E-state index < -0.39 is 23.8 Å². The van der Waals surface area contributed by atoms with Gasteiger partial charge in [-0.15, -0.1) is 0 Å². The second-order valence-electron chi connectivity index (χ2n) is 13.1. The van der Waals surface area contributed by atoms with Crippen molar-refractivity contribution in [1.82, 2.24) is 0 Å². The van der Waals surface area contributed by atoms with Crippen LogP contribution in [0.4, 0.5) is 0 Å². The molecule has 0 nitrogen and oxygen atoms in total. The summed E-state index contributed by atoms with van der Waals surface area (Å²) in [6, 6.07) is 97.0. The monoisotopic (exact) mass is 1000 g/mol. The predicted molar refractivity (Wildman–Crippen MR) is 273 cm³/mol. The van der Waals surface area contributed by atoms with Crippen molar-refractivity contribution in [2.24, 2.45) is 0 Å². The molecule has 0 aliphatic carbocycles. The Morgan fingerprint density at radius 2 is 0.267 bits per heavy atom. The minimum atomic E-state index is -0.446. The van der Waals surface area contributed by atoms with E-state index in [-0.39, 0.29) is 0 Å². The topological polar surface area (TPSA) is 0 Å². The molecule has 0 atom stereocenters. The van der Waals surface area contributed by atoms with E-state index in [0.29, 0.717) is 0 Å². The molecule has 0 radical (unpaired) electrons. The van der Waals surface area contributed by atoms with E-state index in [1.807, 2.05) is 0 Å². The minimum absolute atomic E-state index is 0.446. The third-order valence-electron chi connectivity index (χ3n) is 9.13. The minimum Gasteiger partial charge on any atom is -0.0622 e. The van der Waals surface area contributed by atoms with Crippen LogP contribution in [0.3, 0.4) is 0 Å². The zero-order chi connectivity index (χ0) is 41.5. The molecule has 0 saturated carbocycles. The summed E-state index contributed by atoms with van der Waals surface area (Å²) in [6.45, 7) is 0. The molecule has 9 aromatic rings. The maximum absolute atomic E-state index is 3.03. The fourth-order valence-electron chi connectivity index (χ4n) is 6.54. The molecule has 0 unspecified atom stereocenters. The first kappa shape index (κ1) is 45.3. The molecule has 0 N–H and O–H groups in total. The van der Waals surface area contributed by atoms with Crippen LogP contribution in [0.15, 0.2) is 273 Å². The molecule has 9 aromatic carbocycles. The zero-order valence-electron chi connectivity index (χ0n) is 32.9. The van der Waals surface area contributed by atoms with Gasteiger partial charge >= 0.3 is 39.5 Å². The molecule has 9 rings (SSSR count). The number of halogens is 2. The molecule has 0 amide bonds. The van der Waals surface area contributed by atoms with Crippen LogP contribution in [-0.2, 0) is 11.1 Å².